The van der Waals surface area contributed by atoms with Gasteiger partial charge in [0.15, 0.2) is 0 Å². The first-order valence-corrected chi connectivity index (χ1v) is 8.92. The number of anilines is 1. The Morgan fingerprint density at radius 2 is 2.15 bits per heavy atom. The van der Waals surface area contributed by atoms with Gasteiger partial charge >= 0.3 is 0 Å². The molecule has 0 spiro atoms. The fourth-order valence-electron chi connectivity index (χ4n) is 3.30. The lowest BCUT2D eigenvalue weighted by atomic mass is 10.0. The van der Waals surface area contributed by atoms with Crippen molar-refractivity contribution in [1.82, 2.24) is 10.1 Å². The molecule has 2 amide bonds. The summed E-state index contributed by atoms with van der Waals surface area (Å²) in [6.07, 6.45) is 0.243. The van der Waals surface area contributed by atoms with Gasteiger partial charge < -0.3 is 14.3 Å². The molecule has 1 saturated heterocycles. The van der Waals surface area contributed by atoms with Gasteiger partial charge in [0.2, 0.25) is 11.8 Å². The number of hydrogen-bond acceptors (Lipinski definition) is 4. The SMILES string of the molecule is Cc1cc(CN(C)C(=O)C2CC(=O)N(c3cccc(C(C)C)c3)C2)no1. The maximum absolute atomic E-state index is 12.7. The number of carbonyl (C=O) groups is 2. The third kappa shape index (κ3) is 3.79. The van der Waals surface area contributed by atoms with Crippen molar-refractivity contribution < 1.29 is 14.1 Å². The molecule has 3 rings (SSSR count). The predicted octanol–water partition coefficient (Wildman–Crippen LogP) is 3.12. The fraction of sp³-hybridized carbons (Fsp3) is 0.450. The van der Waals surface area contributed by atoms with Crippen LogP contribution in [0.1, 0.15) is 43.2 Å². The molecule has 1 atom stereocenters. The van der Waals surface area contributed by atoms with Crippen molar-refractivity contribution in [3.05, 3.63) is 47.3 Å². The molecule has 1 aliphatic heterocycles. The lowest BCUT2D eigenvalue weighted by Crippen LogP contribution is -2.34. The third-order valence-electron chi connectivity index (χ3n) is 4.77. The Balaban J connectivity index is 1.68. The second-order valence-electron chi connectivity index (χ2n) is 7.28. The number of amides is 2. The minimum absolute atomic E-state index is 0.00469. The zero-order valence-corrected chi connectivity index (χ0v) is 15.7. The van der Waals surface area contributed by atoms with Gasteiger partial charge in [-0.25, -0.2) is 0 Å². The number of rotatable bonds is 5. The number of carbonyl (C=O) groups excluding carboxylic acids is 2. The molecule has 1 aromatic heterocycles. The normalized spacial score (nSPS) is 17.2. The van der Waals surface area contributed by atoms with Crippen LogP contribution in [-0.2, 0) is 16.1 Å². The van der Waals surface area contributed by atoms with E-state index in [4.69, 9.17) is 4.52 Å². The summed E-state index contributed by atoms with van der Waals surface area (Å²) in [5.41, 5.74) is 2.76. The van der Waals surface area contributed by atoms with Gasteiger partial charge in [-0.15, -0.1) is 0 Å². The molecule has 6 nitrogen and oxygen atoms in total. The third-order valence-corrected chi connectivity index (χ3v) is 4.77. The van der Waals surface area contributed by atoms with E-state index in [2.05, 4.69) is 25.1 Å². The van der Waals surface area contributed by atoms with Crippen LogP contribution in [0.4, 0.5) is 5.69 Å². The highest BCUT2D eigenvalue weighted by Crippen LogP contribution is 2.28. The van der Waals surface area contributed by atoms with Crippen LogP contribution in [0, 0.1) is 12.8 Å². The minimum atomic E-state index is -0.330. The largest absolute Gasteiger partial charge is 0.361 e. The molecule has 26 heavy (non-hydrogen) atoms. The lowest BCUT2D eigenvalue weighted by Gasteiger charge is -2.21. The standard InChI is InChI=1S/C20H25N3O3/c1-13(2)15-6-5-7-18(9-15)23-11-16(10-19(23)24)20(25)22(4)12-17-8-14(3)26-21-17/h5-9,13,16H,10-12H2,1-4H3. The van der Waals surface area contributed by atoms with Crippen LogP contribution in [0.25, 0.3) is 0 Å². The number of nitrogens with zero attached hydrogens (tertiary/aromatic N) is 3. The number of aromatic nitrogens is 1. The van der Waals surface area contributed by atoms with Gasteiger partial charge in [0.05, 0.1) is 12.5 Å². The van der Waals surface area contributed by atoms with Crippen molar-refractivity contribution in [2.75, 3.05) is 18.5 Å². The molecule has 0 saturated carbocycles. The molecular formula is C20H25N3O3. The van der Waals surface area contributed by atoms with Crippen LogP contribution in [0.15, 0.2) is 34.9 Å². The molecule has 138 valence electrons. The van der Waals surface area contributed by atoms with Gasteiger partial charge in [-0.3, -0.25) is 9.59 Å². The highest BCUT2D eigenvalue weighted by molar-refractivity contribution is 6.00. The van der Waals surface area contributed by atoms with E-state index < -0.39 is 0 Å². The zero-order valence-electron chi connectivity index (χ0n) is 15.7. The van der Waals surface area contributed by atoms with Crippen LogP contribution in [0.2, 0.25) is 0 Å². The van der Waals surface area contributed by atoms with E-state index in [1.54, 1.807) is 16.8 Å². The number of hydrogen-bond donors (Lipinski definition) is 0. The summed E-state index contributed by atoms with van der Waals surface area (Å²) in [6.45, 7) is 6.86. The van der Waals surface area contributed by atoms with Crippen LogP contribution >= 0.6 is 0 Å². The Bertz CT molecular complexity index is 812. The summed E-state index contributed by atoms with van der Waals surface area (Å²) in [6, 6.07) is 9.81. The second kappa shape index (κ2) is 7.32. The molecule has 1 aliphatic rings. The van der Waals surface area contributed by atoms with E-state index in [0.29, 0.717) is 30.5 Å². The van der Waals surface area contributed by atoms with Gasteiger partial charge in [0, 0.05) is 31.8 Å². The Labute approximate surface area is 153 Å². The molecule has 1 fully saturated rings. The molecule has 0 N–H and O–H groups in total. The highest BCUT2D eigenvalue weighted by Gasteiger charge is 2.36. The molecule has 1 unspecified atom stereocenters. The highest BCUT2D eigenvalue weighted by atomic mass is 16.5. The average molecular weight is 355 g/mol. The van der Waals surface area contributed by atoms with Gasteiger partial charge in [-0.2, -0.15) is 0 Å². The van der Waals surface area contributed by atoms with Crippen molar-refractivity contribution in [3.63, 3.8) is 0 Å². The van der Waals surface area contributed by atoms with Crippen LogP contribution < -0.4 is 4.90 Å². The van der Waals surface area contributed by atoms with Crippen molar-refractivity contribution in [2.45, 2.75) is 39.7 Å². The Morgan fingerprint density at radius 3 is 2.81 bits per heavy atom. The molecule has 0 radical (unpaired) electrons. The molecule has 0 bridgehead atoms. The van der Waals surface area contributed by atoms with E-state index in [1.165, 1.54) is 5.56 Å². The van der Waals surface area contributed by atoms with Gasteiger partial charge in [0.1, 0.15) is 11.5 Å². The Hall–Kier alpha value is -2.63. The summed E-state index contributed by atoms with van der Waals surface area (Å²) in [5.74, 6) is 0.731. The minimum Gasteiger partial charge on any atom is -0.361 e. The van der Waals surface area contributed by atoms with Gasteiger partial charge in [0.25, 0.3) is 0 Å². The maximum atomic E-state index is 12.7. The first-order chi connectivity index (χ1) is 12.3. The Kier molecular flexibility index (Phi) is 5.11. The smallest absolute Gasteiger partial charge is 0.228 e. The summed E-state index contributed by atoms with van der Waals surface area (Å²) in [4.78, 5) is 28.6. The summed E-state index contributed by atoms with van der Waals surface area (Å²) in [5, 5.41) is 3.92. The molecule has 0 aliphatic carbocycles. The summed E-state index contributed by atoms with van der Waals surface area (Å²) < 4.78 is 5.04. The summed E-state index contributed by atoms with van der Waals surface area (Å²) >= 11 is 0. The van der Waals surface area contributed by atoms with Crippen LogP contribution in [-0.4, -0.2) is 35.5 Å². The van der Waals surface area contributed by atoms with E-state index >= 15 is 0 Å². The van der Waals surface area contributed by atoms with Crippen LogP contribution in [0.5, 0.6) is 0 Å². The monoisotopic (exact) mass is 355 g/mol. The zero-order chi connectivity index (χ0) is 18.8. The maximum Gasteiger partial charge on any atom is 0.228 e. The fourth-order valence-corrected chi connectivity index (χ4v) is 3.30. The molecule has 6 heteroatoms. The van der Waals surface area contributed by atoms with Crippen LogP contribution in [0.3, 0.4) is 0 Å². The Morgan fingerprint density at radius 1 is 1.38 bits per heavy atom. The lowest BCUT2D eigenvalue weighted by molar-refractivity contribution is -0.135. The first-order valence-electron chi connectivity index (χ1n) is 8.92. The first kappa shape index (κ1) is 18.2. The predicted molar refractivity (Wildman–Crippen MR) is 98.7 cm³/mol. The van der Waals surface area contributed by atoms with E-state index in [1.807, 2.05) is 31.2 Å². The number of aryl methyl sites for hydroxylation is 1. The molecule has 1 aromatic carbocycles. The van der Waals surface area contributed by atoms with Crippen molar-refractivity contribution >= 4 is 17.5 Å². The number of benzene rings is 1. The van der Waals surface area contributed by atoms with Crippen molar-refractivity contribution in [2.24, 2.45) is 5.92 Å². The van der Waals surface area contributed by atoms with E-state index in [-0.39, 0.29) is 24.2 Å². The van der Waals surface area contributed by atoms with E-state index in [9.17, 15) is 9.59 Å². The molecule has 2 aromatic rings. The summed E-state index contributed by atoms with van der Waals surface area (Å²) in [7, 11) is 1.73. The van der Waals surface area contributed by atoms with E-state index in [0.717, 1.165) is 5.69 Å². The average Bonchev–Trinajstić information content (AvgIpc) is 3.19. The topological polar surface area (TPSA) is 66.7 Å². The quantitative estimate of drug-likeness (QED) is 0.826. The van der Waals surface area contributed by atoms with Crippen molar-refractivity contribution in [3.8, 4) is 0 Å². The van der Waals surface area contributed by atoms with Crippen molar-refractivity contribution in [1.29, 1.82) is 0 Å². The van der Waals surface area contributed by atoms with Gasteiger partial charge in [-0.1, -0.05) is 31.1 Å². The molecule has 2 heterocycles. The van der Waals surface area contributed by atoms with Gasteiger partial charge in [-0.05, 0) is 30.5 Å². The molecular weight excluding hydrogens is 330 g/mol. The second-order valence-corrected chi connectivity index (χ2v) is 7.28.